The first-order valence-electron chi connectivity index (χ1n) is 7.27. The van der Waals surface area contributed by atoms with Crippen molar-refractivity contribution in [3.8, 4) is 0 Å². The van der Waals surface area contributed by atoms with Gasteiger partial charge < -0.3 is 15.0 Å². The third-order valence-corrected chi connectivity index (χ3v) is 3.60. The fourth-order valence-corrected chi connectivity index (χ4v) is 2.42. The zero-order chi connectivity index (χ0) is 14.1. The molecule has 1 saturated carbocycles. The average molecular weight is 270 g/mol. The number of hydrogen-bond acceptors (Lipinski definition) is 4. The maximum absolute atomic E-state index is 12.0. The van der Waals surface area contributed by atoms with Crippen molar-refractivity contribution in [2.75, 3.05) is 26.7 Å². The summed E-state index contributed by atoms with van der Waals surface area (Å²) < 4.78 is 4.82. The van der Waals surface area contributed by atoms with Crippen LogP contribution < -0.4 is 5.32 Å². The van der Waals surface area contributed by atoms with E-state index in [-0.39, 0.29) is 11.9 Å². The molecule has 0 saturated heterocycles. The second kappa shape index (κ2) is 8.91. The van der Waals surface area contributed by atoms with Crippen molar-refractivity contribution in [3.63, 3.8) is 0 Å². The number of carbonyl (C=O) groups excluding carboxylic acids is 2. The SMILES string of the molecule is CCOC(=O)CCNCC(=O)N(C)C1CCCCC1. The van der Waals surface area contributed by atoms with Gasteiger partial charge >= 0.3 is 5.97 Å². The summed E-state index contributed by atoms with van der Waals surface area (Å²) in [6, 6.07) is 0.396. The standard InChI is InChI=1S/C14H26N2O3/c1-3-19-14(18)9-10-15-11-13(17)16(2)12-7-5-4-6-8-12/h12,15H,3-11H2,1-2H3. The van der Waals surface area contributed by atoms with E-state index in [0.29, 0.717) is 32.2 Å². The van der Waals surface area contributed by atoms with Crippen LogP contribution in [0.4, 0.5) is 0 Å². The molecule has 1 N–H and O–H groups in total. The largest absolute Gasteiger partial charge is 0.466 e. The third-order valence-electron chi connectivity index (χ3n) is 3.60. The van der Waals surface area contributed by atoms with Crippen molar-refractivity contribution in [3.05, 3.63) is 0 Å². The van der Waals surface area contributed by atoms with E-state index in [1.165, 1.54) is 19.3 Å². The van der Waals surface area contributed by atoms with Crippen molar-refractivity contribution >= 4 is 11.9 Å². The lowest BCUT2D eigenvalue weighted by atomic mass is 9.94. The van der Waals surface area contributed by atoms with Crippen molar-refractivity contribution < 1.29 is 14.3 Å². The number of ether oxygens (including phenoxy) is 1. The van der Waals surface area contributed by atoms with Gasteiger partial charge in [0, 0.05) is 19.6 Å². The van der Waals surface area contributed by atoms with Gasteiger partial charge in [0.1, 0.15) is 0 Å². The number of amides is 1. The van der Waals surface area contributed by atoms with E-state index in [9.17, 15) is 9.59 Å². The van der Waals surface area contributed by atoms with Crippen LogP contribution in [0.25, 0.3) is 0 Å². The number of carbonyl (C=O) groups is 2. The van der Waals surface area contributed by atoms with Crippen molar-refractivity contribution in [2.45, 2.75) is 51.5 Å². The van der Waals surface area contributed by atoms with Gasteiger partial charge in [-0.3, -0.25) is 9.59 Å². The van der Waals surface area contributed by atoms with Crippen LogP contribution in [0.5, 0.6) is 0 Å². The highest BCUT2D eigenvalue weighted by Crippen LogP contribution is 2.21. The van der Waals surface area contributed by atoms with Gasteiger partial charge in [-0.2, -0.15) is 0 Å². The molecule has 1 amide bonds. The van der Waals surface area contributed by atoms with E-state index in [2.05, 4.69) is 5.32 Å². The summed E-state index contributed by atoms with van der Waals surface area (Å²) in [5.74, 6) is -0.112. The van der Waals surface area contributed by atoms with Crippen LogP contribution in [0.15, 0.2) is 0 Å². The molecule has 1 aliphatic rings. The average Bonchev–Trinajstić information content (AvgIpc) is 2.44. The number of hydrogen-bond donors (Lipinski definition) is 1. The molecule has 19 heavy (non-hydrogen) atoms. The fraction of sp³-hybridized carbons (Fsp3) is 0.857. The number of nitrogens with zero attached hydrogens (tertiary/aromatic N) is 1. The molecule has 0 aromatic heterocycles. The van der Waals surface area contributed by atoms with E-state index >= 15 is 0 Å². The molecular weight excluding hydrogens is 244 g/mol. The lowest BCUT2D eigenvalue weighted by Crippen LogP contribution is -2.43. The maximum Gasteiger partial charge on any atom is 0.307 e. The predicted molar refractivity (Wildman–Crippen MR) is 73.8 cm³/mol. The van der Waals surface area contributed by atoms with Crippen LogP contribution >= 0.6 is 0 Å². The molecule has 0 aromatic carbocycles. The zero-order valence-corrected chi connectivity index (χ0v) is 12.1. The Kier molecular flexibility index (Phi) is 7.48. The van der Waals surface area contributed by atoms with Gasteiger partial charge in [0.2, 0.25) is 5.91 Å². The summed E-state index contributed by atoms with van der Waals surface area (Å²) in [5, 5.41) is 3.00. The molecule has 0 heterocycles. The number of nitrogens with one attached hydrogen (secondary N) is 1. The maximum atomic E-state index is 12.0. The topological polar surface area (TPSA) is 58.6 Å². The molecule has 0 spiro atoms. The number of rotatable bonds is 7. The molecule has 5 nitrogen and oxygen atoms in total. The molecule has 110 valence electrons. The van der Waals surface area contributed by atoms with E-state index in [0.717, 1.165) is 12.8 Å². The summed E-state index contributed by atoms with van der Waals surface area (Å²) in [4.78, 5) is 24.9. The molecule has 0 aromatic rings. The third kappa shape index (κ3) is 6.05. The first kappa shape index (κ1) is 16.0. The van der Waals surface area contributed by atoms with Crippen molar-refractivity contribution in [1.29, 1.82) is 0 Å². The quantitative estimate of drug-likeness (QED) is 0.560. The van der Waals surface area contributed by atoms with Gasteiger partial charge in [-0.1, -0.05) is 19.3 Å². The first-order chi connectivity index (χ1) is 9.15. The number of esters is 1. The van der Waals surface area contributed by atoms with Crippen LogP contribution in [-0.4, -0.2) is 49.6 Å². The Morgan fingerprint density at radius 2 is 1.95 bits per heavy atom. The summed E-state index contributed by atoms with van der Waals surface area (Å²) in [6.45, 7) is 2.98. The molecule has 0 aliphatic heterocycles. The Morgan fingerprint density at radius 1 is 1.26 bits per heavy atom. The Hall–Kier alpha value is -1.10. The van der Waals surface area contributed by atoms with Crippen LogP contribution in [0.1, 0.15) is 45.4 Å². The number of likely N-dealkylation sites (N-methyl/N-ethyl adjacent to an activating group) is 1. The van der Waals surface area contributed by atoms with Gasteiger partial charge in [0.05, 0.1) is 19.6 Å². The molecule has 1 rings (SSSR count). The smallest absolute Gasteiger partial charge is 0.307 e. The van der Waals surface area contributed by atoms with Crippen LogP contribution in [0.2, 0.25) is 0 Å². The fourth-order valence-electron chi connectivity index (χ4n) is 2.42. The first-order valence-corrected chi connectivity index (χ1v) is 7.27. The highest BCUT2D eigenvalue weighted by molar-refractivity contribution is 5.78. The molecule has 1 aliphatic carbocycles. The van der Waals surface area contributed by atoms with Gasteiger partial charge in [-0.25, -0.2) is 0 Å². The molecule has 0 radical (unpaired) electrons. The molecular formula is C14H26N2O3. The lowest BCUT2D eigenvalue weighted by molar-refractivity contribution is -0.143. The van der Waals surface area contributed by atoms with Gasteiger partial charge in [-0.05, 0) is 19.8 Å². The molecule has 1 fully saturated rings. The highest BCUT2D eigenvalue weighted by Gasteiger charge is 2.21. The Balaban J connectivity index is 2.14. The minimum atomic E-state index is -0.219. The summed E-state index contributed by atoms with van der Waals surface area (Å²) in [5.41, 5.74) is 0. The van der Waals surface area contributed by atoms with Gasteiger partial charge in [0.15, 0.2) is 0 Å². The minimum Gasteiger partial charge on any atom is -0.466 e. The van der Waals surface area contributed by atoms with E-state index in [1.54, 1.807) is 6.92 Å². The summed E-state index contributed by atoms with van der Waals surface area (Å²) >= 11 is 0. The van der Waals surface area contributed by atoms with Crippen LogP contribution in [0, 0.1) is 0 Å². The minimum absolute atomic E-state index is 0.107. The van der Waals surface area contributed by atoms with Crippen molar-refractivity contribution in [2.24, 2.45) is 0 Å². The second-order valence-electron chi connectivity index (χ2n) is 5.03. The highest BCUT2D eigenvalue weighted by atomic mass is 16.5. The normalized spacial score (nSPS) is 16.1. The predicted octanol–water partition coefficient (Wildman–Crippen LogP) is 1.32. The Labute approximate surface area is 115 Å². The summed E-state index contributed by atoms with van der Waals surface area (Å²) in [7, 11) is 1.88. The molecule has 0 unspecified atom stereocenters. The van der Waals surface area contributed by atoms with E-state index < -0.39 is 0 Å². The monoisotopic (exact) mass is 270 g/mol. The van der Waals surface area contributed by atoms with Crippen LogP contribution in [0.3, 0.4) is 0 Å². The molecule has 0 atom stereocenters. The second-order valence-corrected chi connectivity index (χ2v) is 5.03. The van der Waals surface area contributed by atoms with Crippen molar-refractivity contribution in [1.82, 2.24) is 10.2 Å². The molecule has 0 bridgehead atoms. The van der Waals surface area contributed by atoms with Gasteiger partial charge in [0.25, 0.3) is 0 Å². The van der Waals surface area contributed by atoms with E-state index in [1.807, 2.05) is 11.9 Å². The zero-order valence-electron chi connectivity index (χ0n) is 12.1. The van der Waals surface area contributed by atoms with Gasteiger partial charge in [-0.15, -0.1) is 0 Å². The van der Waals surface area contributed by atoms with E-state index in [4.69, 9.17) is 4.74 Å². The Morgan fingerprint density at radius 3 is 2.58 bits per heavy atom. The lowest BCUT2D eigenvalue weighted by Gasteiger charge is -2.31. The Bertz CT molecular complexity index is 288. The summed E-state index contributed by atoms with van der Waals surface area (Å²) in [6.07, 6.45) is 6.28. The van der Waals surface area contributed by atoms with Crippen LogP contribution in [-0.2, 0) is 14.3 Å². The molecule has 5 heteroatoms.